The summed E-state index contributed by atoms with van der Waals surface area (Å²) >= 11 is 0. The van der Waals surface area contributed by atoms with E-state index in [9.17, 15) is 14.0 Å². The number of amides is 1. The fourth-order valence-electron chi connectivity index (χ4n) is 5.56. The molecule has 1 atom stereocenters. The van der Waals surface area contributed by atoms with E-state index in [0.717, 1.165) is 82.5 Å². The van der Waals surface area contributed by atoms with Crippen LogP contribution >= 0.6 is 0 Å². The molecule has 4 heterocycles. The summed E-state index contributed by atoms with van der Waals surface area (Å²) in [5.41, 5.74) is 2.54. The zero-order chi connectivity index (χ0) is 22.8. The van der Waals surface area contributed by atoms with Gasteiger partial charge >= 0.3 is 0 Å². The topological polar surface area (TPSA) is 45.6 Å². The van der Waals surface area contributed by atoms with Crippen LogP contribution in [0.2, 0.25) is 0 Å². The third-order valence-electron chi connectivity index (χ3n) is 7.51. The monoisotopic (exact) mass is 449 g/mol. The number of fused-ring (bicyclic) bond motifs is 1. The Kier molecular flexibility index (Phi) is 6.45. The van der Waals surface area contributed by atoms with E-state index in [-0.39, 0.29) is 23.4 Å². The van der Waals surface area contributed by atoms with Crippen molar-refractivity contribution in [2.75, 3.05) is 26.2 Å². The summed E-state index contributed by atoms with van der Waals surface area (Å²) in [6, 6.07) is 8.22. The van der Waals surface area contributed by atoms with Crippen LogP contribution in [0.15, 0.2) is 42.6 Å². The van der Waals surface area contributed by atoms with Crippen molar-refractivity contribution in [2.24, 2.45) is 5.92 Å². The van der Waals surface area contributed by atoms with Crippen LogP contribution in [-0.2, 0) is 6.54 Å². The molecule has 5 nitrogen and oxygen atoms in total. The molecule has 33 heavy (non-hydrogen) atoms. The van der Waals surface area contributed by atoms with Gasteiger partial charge in [-0.25, -0.2) is 4.39 Å². The van der Waals surface area contributed by atoms with E-state index in [1.54, 1.807) is 12.1 Å². The highest BCUT2D eigenvalue weighted by molar-refractivity contribution is 5.98. The highest BCUT2D eigenvalue weighted by atomic mass is 19.1. The number of carbonyl (C=O) groups excluding carboxylic acids is 2. The van der Waals surface area contributed by atoms with Crippen molar-refractivity contribution in [1.82, 2.24) is 14.4 Å². The summed E-state index contributed by atoms with van der Waals surface area (Å²) < 4.78 is 15.3. The zero-order valence-corrected chi connectivity index (χ0v) is 19.1. The molecule has 174 valence electrons. The Balaban J connectivity index is 1.12. The average Bonchev–Trinajstić information content (AvgIpc) is 3.50. The van der Waals surface area contributed by atoms with Gasteiger partial charge < -0.3 is 14.4 Å². The molecule has 1 aromatic carbocycles. The normalized spacial score (nSPS) is 21.4. The molecule has 5 rings (SSSR count). The molecule has 2 saturated heterocycles. The maximum absolute atomic E-state index is 13.2. The van der Waals surface area contributed by atoms with Crippen LogP contribution < -0.4 is 0 Å². The number of nitrogens with zero attached hydrogens (tertiary/aromatic N) is 3. The molecule has 1 unspecified atom stereocenters. The van der Waals surface area contributed by atoms with Crippen LogP contribution in [0.3, 0.4) is 0 Å². The molecule has 0 N–H and O–H groups in total. The van der Waals surface area contributed by atoms with E-state index in [0.29, 0.717) is 11.6 Å². The summed E-state index contributed by atoms with van der Waals surface area (Å²) in [5.74, 6) is 0.00398. The number of rotatable bonds is 6. The highest BCUT2D eigenvalue weighted by Gasteiger charge is 2.31. The number of halogens is 1. The molecule has 1 aromatic heterocycles. The molecular weight excluding hydrogens is 417 g/mol. The number of hydrogen-bond acceptors (Lipinski definition) is 3. The first kappa shape index (κ1) is 22.1. The Labute approximate surface area is 194 Å². The Morgan fingerprint density at radius 1 is 0.970 bits per heavy atom. The molecule has 2 aromatic rings. The van der Waals surface area contributed by atoms with Crippen LogP contribution in [0.25, 0.3) is 6.08 Å². The third-order valence-corrected chi connectivity index (χ3v) is 7.51. The van der Waals surface area contributed by atoms with Gasteiger partial charge in [0.25, 0.3) is 5.91 Å². The van der Waals surface area contributed by atoms with Crippen molar-refractivity contribution in [1.29, 1.82) is 0 Å². The molecule has 1 amide bonds. The lowest BCUT2D eigenvalue weighted by Crippen LogP contribution is -2.41. The Hall–Kier alpha value is -2.73. The Morgan fingerprint density at radius 2 is 1.76 bits per heavy atom. The van der Waals surface area contributed by atoms with Gasteiger partial charge in [-0.1, -0.05) is 6.08 Å². The predicted octanol–water partition coefficient (Wildman–Crippen LogP) is 4.63. The molecule has 0 saturated carbocycles. The lowest BCUT2D eigenvalue weighted by atomic mass is 9.88. The second-order valence-electron chi connectivity index (χ2n) is 9.61. The standard InChI is InChI=1S/C27H32FN3O2/c28-23-8-6-20(7-9-23)26(32)21-10-15-29(16-11-21)17-12-24-5-3-14-31(24)27(33)22-18-25-4-1-2-13-30(25)19-22/h1,4,6-9,18-19,21,24H,2-3,5,10-17H2. The van der Waals surface area contributed by atoms with Gasteiger partial charge in [0.2, 0.25) is 0 Å². The fourth-order valence-corrected chi connectivity index (χ4v) is 5.56. The van der Waals surface area contributed by atoms with Crippen LogP contribution in [0.5, 0.6) is 0 Å². The van der Waals surface area contributed by atoms with Crippen LogP contribution in [0, 0.1) is 11.7 Å². The number of hydrogen-bond donors (Lipinski definition) is 0. The van der Waals surface area contributed by atoms with Crippen molar-refractivity contribution < 1.29 is 14.0 Å². The van der Waals surface area contributed by atoms with Gasteiger partial charge in [-0.3, -0.25) is 9.59 Å². The molecule has 0 radical (unpaired) electrons. The first-order chi connectivity index (χ1) is 16.1. The minimum atomic E-state index is -0.311. The minimum absolute atomic E-state index is 0.0196. The summed E-state index contributed by atoms with van der Waals surface area (Å²) in [6.45, 7) is 4.55. The van der Waals surface area contributed by atoms with Crippen molar-refractivity contribution in [3.63, 3.8) is 0 Å². The quantitative estimate of drug-likeness (QED) is 0.604. The molecule has 6 heteroatoms. The molecule has 3 aliphatic rings. The van der Waals surface area contributed by atoms with Gasteiger partial charge in [-0.05, 0) is 88.0 Å². The third kappa shape index (κ3) is 4.81. The Morgan fingerprint density at radius 3 is 2.52 bits per heavy atom. The maximum Gasteiger partial charge on any atom is 0.255 e. The number of piperidine rings is 1. The van der Waals surface area contributed by atoms with Gasteiger partial charge in [0.05, 0.1) is 5.56 Å². The van der Waals surface area contributed by atoms with E-state index >= 15 is 0 Å². The van der Waals surface area contributed by atoms with E-state index in [2.05, 4.69) is 26.5 Å². The molecular formula is C27H32FN3O2. The van der Waals surface area contributed by atoms with Gasteiger partial charge in [0.1, 0.15) is 5.82 Å². The second-order valence-corrected chi connectivity index (χ2v) is 9.61. The number of benzene rings is 1. The van der Waals surface area contributed by atoms with Crippen molar-refractivity contribution in [3.8, 4) is 0 Å². The number of carbonyl (C=O) groups is 2. The second kappa shape index (κ2) is 9.64. The summed E-state index contributed by atoms with van der Waals surface area (Å²) in [4.78, 5) is 30.4. The number of aryl methyl sites for hydroxylation is 1. The molecule has 0 aliphatic carbocycles. The lowest BCUT2D eigenvalue weighted by molar-refractivity contribution is 0.0704. The molecule has 3 aliphatic heterocycles. The van der Waals surface area contributed by atoms with Gasteiger partial charge in [0.15, 0.2) is 5.78 Å². The van der Waals surface area contributed by atoms with E-state index in [1.165, 1.54) is 12.1 Å². The smallest absolute Gasteiger partial charge is 0.255 e. The van der Waals surface area contributed by atoms with E-state index in [1.807, 2.05) is 12.3 Å². The van der Waals surface area contributed by atoms with Gasteiger partial charge in [0, 0.05) is 49.0 Å². The van der Waals surface area contributed by atoms with Crippen molar-refractivity contribution in [2.45, 2.75) is 51.1 Å². The maximum atomic E-state index is 13.2. The predicted molar refractivity (Wildman–Crippen MR) is 127 cm³/mol. The van der Waals surface area contributed by atoms with Crippen LogP contribution in [0.4, 0.5) is 4.39 Å². The van der Waals surface area contributed by atoms with E-state index < -0.39 is 0 Å². The number of likely N-dealkylation sites (tertiary alicyclic amines) is 2. The zero-order valence-electron chi connectivity index (χ0n) is 19.1. The van der Waals surface area contributed by atoms with Crippen molar-refractivity contribution >= 4 is 17.8 Å². The first-order valence-electron chi connectivity index (χ1n) is 12.3. The summed E-state index contributed by atoms with van der Waals surface area (Å²) in [7, 11) is 0. The lowest BCUT2D eigenvalue weighted by Gasteiger charge is -2.33. The van der Waals surface area contributed by atoms with Crippen LogP contribution in [0.1, 0.15) is 64.9 Å². The highest BCUT2D eigenvalue weighted by Crippen LogP contribution is 2.27. The first-order valence-corrected chi connectivity index (χ1v) is 12.3. The van der Waals surface area contributed by atoms with Gasteiger partial charge in [-0.2, -0.15) is 0 Å². The minimum Gasteiger partial charge on any atom is -0.347 e. The van der Waals surface area contributed by atoms with E-state index in [4.69, 9.17) is 0 Å². The van der Waals surface area contributed by atoms with Gasteiger partial charge in [-0.15, -0.1) is 0 Å². The Bertz CT molecular complexity index is 1030. The molecule has 0 spiro atoms. The average molecular weight is 450 g/mol. The number of allylic oxidation sites excluding steroid dienone is 1. The van der Waals surface area contributed by atoms with Crippen LogP contribution in [-0.4, -0.2) is 58.3 Å². The van der Waals surface area contributed by atoms with Crippen molar-refractivity contribution in [3.05, 3.63) is 65.2 Å². The molecule has 0 bridgehead atoms. The summed E-state index contributed by atoms with van der Waals surface area (Å²) in [6.07, 6.45) is 12.1. The molecule has 2 fully saturated rings. The fraction of sp³-hybridized carbons (Fsp3) is 0.481. The number of ketones is 1. The number of Topliss-reactive ketones (excluding diaryl/α,β-unsaturated/α-hetero) is 1. The SMILES string of the molecule is O=C(c1ccc(F)cc1)C1CCN(CCC2CCCN2C(=O)c2cc3n(c2)CCC=C3)CC1. The largest absolute Gasteiger partial charge is 0.347 e. The summed E-state index contributed by atoms with van der Waals surface area (Å²) in [5, 5.41) is 0. The number of aromatic nitrogens is 1.